The van der Waals surface area contributed by atoms with Crippen LogP contribution in [0.2, 0.25) is 0 Å². The van der Waals surface area contributed by atoms with E-state index < -0.39 is 0 Å². The quantitative estimate of drug-likeness (QED) is 0.625. The molecule has 2 aliphatic heterocycles. The molecule has 2 heterocycles. The number of likely N-dealkylation sites (tertiary alicyclic amines) is 1. The summed E-state index contributed by atoms with van der Waals surface area (Å²) in [5, 5.41) is 0. The molecule has 0 radical (unpaired) electrons. The number of hydrogen-bond donors (Lipinski definition) is 0. The lowest BCUT2D eigenvalue weighted by atomic mass is 10.1. The molecule has 1 nitrogen and oxygen atoms in total. The van der Waals surface area contributed by atoms with E-state index in [9.17, 15) is 0 Å². The van der Waals surface area contributed by atoms with Gasteiger partial charge in [-0.1, -0.05) is 6.92 Å². The van der Waals surface area contributed by atoms with Crippen molar-refractivity contribution in [2.45, 2.75) is 38.3 Å². The third kappa shape index (κ3) is 1.43. The van der Waals surface area contributed by atoms with Gasteiger partial charge in [-0.25, -0.2) is 0 Å². The van der Waals surface area contributed by atoms with E-state index in [0.29, 0.717) is 0 Å². The molecule has 0 aromatic heterocycles. The summed E-state index contributed by atoms with van der Waals surface area (Å²) < 4.78 is 0. The van der Waals surface area contributed by atoms with Gasteiger partial charge in [0.25, 0.3) is 0 Å². The maximum Gasteiger partial charge on any atom is 0.0279 e. The highest BCUT2D eigenvalue weighted by atomic mass is 32.2. The van der Waals surface area contributed by atoms with Crippen LogP contribution in [0.3, 0.4) is 0 Å². The summed E-state index contributed by atoms with van der Waals surface area (Å²) in [6, 6.07) is 1.88. The Morgan fingerprint density at radius 3 is 2.82 bits per heavy atom. The topological polar surface area (TPSA) is 3.24 Å². The Labute approximate surface area is 73.5 Å². The molecule has 1 unspecified atom stereocenters. The number of rotatable bonds is 2. The van der Waals surface area contributed by atoms with Gasteiger partial charge >= 0.3 is 0 Å². The van der Waals surface area contributed by atoms with Gasteiger partial charge in [0.15, 0.2) is 0 Å². The summed E-state index contributed by atoms with van der Waals surface area (Å²) >= 11 is 2.10. The Hall–Kier alpha value is 0.310. The van der Waals surface area contributed by atoms with Gasteiger partial charge in [-0.05, 0) is 25.8 Å². The Balaban J connectivity index is 1.89. The molecule has 2 fully saturated rings. The fourth-order valence-electron chi connectivity index (χ4n) is 2.19. The van der Waals surface area contributed by atoms with Crippen LogP contribution in [-0.2, 0) is 0 Å². The van der Waals surface area contributed by atoms with Gasteiger partial charge in [-0.3, -0.25) is 4.90 Å². The van der Waals surface area contributed by atoms with Crippen LogP contribution in [0, 0.1) is 0 Å². The molecule has 0 aliphatic carbocycles. The number of thioether (sulfide) groups is 1. The Morgan fingerprint density at radius 1 is 1.45 bits per heavy atom. The molecule has 2 aliphatic rings. The first-order valence-electron chi connectivity index (χ1n) is 4.75. The van der Waals surface area contributed by atoms with Gasteiger partial charge in [0.1, 0.15) is 0 Å². The molecule has 1 atom stereocenters. The van der Waals surface area contributed by atoms with Crippen molar-refractivity contribution in [3.05, 3.63) is 0 Å². The minimum absolute atomic E-state index is 0.931. The Kier molecular flexibility index (Phi) is 2.42. The summed E-state index contributed by atoms with van der Waals surface area (Å²) in [7, 11) is 0. The molecular weight excluding hydrogens is 154 g/mol. The first-order chi connectivity index (χ1) is 5.42. The van der Waals surface area contributed by atoms with E-state index in [1.54, 1.807) is 0 Å². The summed E-state index contributed by atoms with van der Waals surface area (Å²) in [5.41, 5.74) is 0. The lowest BCUT2D eigenvalue weighted by Gasteiger charge is -2.37. The van der Waals surface area contributed by atoms with Crippen molar-refractivity contribution in [2.75, 3.05) is 18.1 Å². The Bertz CT molecular complexity index is 134. The van der Waals surface area contributed by atoms with Gasteiger partial charge in [0.2, 0.25) is 0 Å². The molecule has 0 amide bonds. The molecule has 2 heteroatoms. The molecular formula is C9H17NS. The van der Waals surface area contributed by atoms with Crippen molar-refractivity contribution < 1.29 is 0 Å². The molecule has 2 saturated heterocycles. The SMILES string of the molecule is CCC1CCCN1C1CSC1. The van der Waals surface area contributed by atoms with Crippen LogP contribution in [0.15, 0.2) is 0 Å². The molecule has 0 spiro atoms. The average molecular weight is 171 g/mol. The monoisotopic (exact) mass is 171 g/mol. The lowest BCUT2D eigenvalue weighted by molar-refractivity contribution is 0.198. The van der Waals surface area contributed by atoms with Crippen LogP contribution < -0.4 is 0 Å². The van der Waals surface area contributed by atoms with E-state index in [-0.39, 0.29) is 0 Å². The van der Waals surface area contributed by atoms with Gasteiger partial charge < -0.3 is 0 Å². The van der Waals surface area contributed by atoms with Gasteiger partial charge in [0.05, 0.1) is 0 Å². The highest BCUT2D eigenvalue weighted by Crippen LogP contribution is 2.30. The first-order valence-corrected chi connectivity index (χ1v) is 5.90. The minimum Gasteiger partial charge on any atom is -0.296 e. The smallest absolute Gasteiger partial charge is 0.0279 e. The van der Waals surface area contributed by atoms with Crippen LogP contribution in [0.25, 0.3) is 0 Å². The number of nitrogens with zero attached hydrogens (tertiary/aromatic N) is 1. The van der Waals surface area contributed by atoms with Crippen molar-refractivity contribution in [1.82, 2.24) is 4.90 Å². The highest BCUT2D eigenvalue weighted by molar-refractivity contribution is 8.00. The standard InChI is InChI=1S/C9H17NS/c1-2-8-4-3-5-10(8)9-6-11-7-9/h8-9H,2-7H2,1H3. The molecule has 11 heavy (non-hydrogen) atoms. The van der Waals surface area contributed by atoms with Crippen molar-refractivity contribution in [3.8, 4) is 0 Å². The third-order valence-corrected chi connectivity index (χ3v) is 4.22. The van der Waals surface area contributed by atoms with Crippen LogP contribution in [0.1, 0.15) is 26.2 Å². The maximum atomic E-state index is 2.75. The van der Waals surface area contributed by atoms with Gasteiger partial charge in [-0.15, -0.1) is 0 Å². The average Bonchev–Trinajstić information content (AvgIpc) is 2.32. The van der Waals surface area contributed by atoms with Gasteiger partial charge in [-0.2, -0.15) is 11.8 Å². The fraction of sp³-hybridized carbons (Fsp3) is 1.00. The molecule has 0 aromatic carbocycles. The maximum absolute atomic E-state index is 2.75. The zero-order valence-corrected chi connectivity index (χ0v) is 8.07. The summed E-state index contributed by atoms with van der Waals surface area (Å²) in [5.74, 6) is 2.80. The van der Waals surface area contributed by atoms with Crippen molar-refractivity contribution in [2.24, 2.45) is 0 Å². The highest BCUT2D eigenvalue weighted by Gasteiger charge is 2.32. The normalized spacial score (nSPS) is 34.1. The van der Waals surface area contributed by atoms with Crippen LogP contribution in [-0.4, -0.2) is 35.0 Å². The van der Waals surface area contributed by atoms with Crippen molar-refractivity contribution in [3.63, 3.8) is 0 Å². The lowest BCUT2D eigenvalue weighted by Crippen LogP contribution is -2.46. The van der Waals surface area contributed by atoms with E-state index in [2.05, 4.69) is 23.6 Å². The van der Waals surface area contributed by atoms with E-state index in [1.165, 1.54) is 37.3 Å². The van der Waals surface area contributed by atoms with E-state index in [0.717, 1.165) is 12.1 Å². The molecule has 2 rings (SSSR count). The second-order valence-electron chi connectivity index (χ2n) is 3.63. The molecule has 0 aromatic rings. The second-order valence-corrected chi connectivity index (χ2v) is 4.71. The number of hydrogen-bond acceptors (Lipinski definition) is 2. The molecule has 64 valence electrons. The zero-order chi connectivity index (χ0) is 7.68. The summed E-state index contributed by atoms with van der Waals surface area (Å²) in [6.45, 7) is 3.71. The second kappa shape index (κ2) is 3.36. The van der Waals surface area contributed by atoms with Crippen LogP contribution in [0.4, 0.5) is 0 Å². The summed E-state index contributed by atoms with van der Waals surface area (Å²) in [4.78, 5) is 2.75. The van der Waals surface area contributed by atoms with Crippen molar-refractivity contribution in [1.29, 1.82) is 0 Å². The van der Waals surface area contributed by atoms with E-state index in [1.807, 2.05) is 0 Å². The minimum atomic E-state index is 0.931. The zero-order valence-electron chi connectivity index (χ0n) is 7.25. The van der Waals surface area contributed by atoms with Gasteiger partial charge in [0, 0.05) is 23.6 Å². The Morgan fingerprint density at radius 2 is 2.27 bits per heavy atom. The first kappa shape index (κ1) is 7.93. The predicted octanol–water partition coefficient (Wildman–Crippen LogP) is 1.98. The van der Waals surface area contributed by atoms with Crippen LogP contribution >= 0.6 is 11.8 Å². The largest absolute Gasteiger partial charge is 0.296 e. The molecule has 0 N–H and O–H groups in total. The third-order valence-electron chi connectivity index (χ3n) is 2.98. The van der Waals surface area contributed by atoms with Crippen LogP contribution in [0.5, 0.6) is 0 Å². The summed E-state index contributed by atoms with van der Waals surface area (Å²) in [6.07, 6.45) is 4.26. The molecule has 0 bridgehead atoms. The predicted molar refractivity (Wildman–Crippen MR) is 51.1 cm³/mol. The fourth-order valence-corrected chi connectivity index (χ4v) is 3.02. The van der Waals surface area contributed by atoms with Crippen molar-refractivity contribution >= 4 is 11.8 Å². The van der Waals surface area contributed by atoms with E-state index >= 15 is 0 Å². The molecule has 0 saturated carbocycles. The van der Waals surface area contributed by atoms with E-state index in [4.69, 9.17) is 0 Å².